The zero-order valence-electron chi connectivity index (χ0n) is 11.6. The van der Waals surface area contributed by atoms with E-state index in [1.54, 1.807) is 0 Å². The highest BCUT2D eigenvalue weighted by molar-refractivity contribution is 4.83. The lowest BCUT2D eigenvalue weighted by Crippen LogP contribution is -2.33. The number of nitrogens with zero attached hydrogens (tertiary/aromatic N) is 3. The van der Waals surface area contributed by atoms with E-state index in [1.165, 1.54) is 0 Å². The van der Waals surface area contributed by atoms with Crippen LogP contribution >= 0.6 is 0 Å². The van der Waals surface area contributed by atoms with E-state index in [0.717, 1.165) is 19.3 Å². The number of hydrogen-bond acceptors (Lipinski definition) is 6. The summed E-state index contributed by atoms with van der Waals surface area (Å²) in [5, 5.41) is 38.2. The van der Waals surface area contributed by atoms with Gasteiger partial charge in [-0.2, -0.15) is 10.2 Å². The van der Waals surface area contributed by atoms with Gasteiger partial charge in [-0.25, -0.2) is 0 Å². The Bertz CT molecular complexity index is 356. The second kappa shape index (κ2) is 7.08. The Morgan fingerprint density at radius 1 is 1.05 bits per heavy atom. The molecule has 7 heteroatoms. The van der Waals surface area contributed by atoms with Crippen molar-refractivity contribution in [1.29, 1.82) is 0 Å². The number of hydrogen-bond donors (Lipinski definition) is 2. The molecule has 2 aliphatic rings. The van der Waals surface area contributed by atoms with Gasteiger partial charge >= 0.3 is 0 Å². The molecule has 7 nitrogen and oxygen atoms in total. The fourth-order valence-electron chi connectivity index (χ4n) is 3.10. The Balaban J connectivity index is 1.78. The Labute approximate surface area is 118 Å². The molecule has 2 aliphatic carbocycles. The van der Waals surface area contributed by atoms with Gasteiger partial charge in [-0.3, -0.25) is 10.1 Å². The van der Waals surface area contributed by atoms with E-state index in [2.05, 4.69) is 10.2 Å². The van der Waals surface area contributed by atoms with E-state index >= 15 is 0 Å². The summed E-state index contributed by atoms with van der Waals surface area (Å²) in [7, 11) is 0. The SMILES string of the molecule is O=[N+]([O-])C1CCC(N=NC2CCC(O)C(CO)C2)CC1. The quantitative estimate of drug-likeness (QED) is 0.464. The molecule has 0 aromatic carbocycles. The third kappa shape index (κ3) is 3.96. The molecule has 0 spiro atoms. The summed E-state index contributed by atoms with van der Waals surface area (Å²) in [5.41, 5.74) is 0. The molecule has 2 fully saturated rings. The van der Waals surface area contributed by atoms with Crippen molar-refractivity contribution in [2.45, 2.75) is 69.2 Å². The summed E-state index contributed by atoms with van der Waals surface area (Å²) in [6.07, 6.45) is 4.32. The molecule has 0 aromatic rings. The van der Waals surface area contributed by atoms with Crippen LogP contribution in [0, 0.1) is 16.0 Å². The lowest BCUT2D eigenvalue weighted by molar-refractivity contribution is -0.526. The molecule has 0 saturated heterocycles. The minimum absolute atomic E-state index is 0.0128. The summed E-state index contributed by atoms with van der Waals surface area (Å²) < 4.78 is 0. The highest BCUT2D eigenvalue weighted by Gasteiger charge is 2.30. The van der Waals surface area contributed by atoms with Crippen LogP contribution in [0.25, 0.3) is 0 Å². The standard InChI is InChI=1S/C13H23N3O4/c17-8-9-7-11(3-6-13(9)18)15-14-10-1-4-12(5-2-10)16(19)20/h9-13,17-18H,1-8H2. The van der Waals surface area contributed by atoms with Gasteiger partial charge in [0, 0.05) is 30.3 Å². The van der Waals surface area contributed by atoms with Crippen LogP contribution in [0.4, 0.5) is 0 Å². The van der Waals surface area contributed by atoms with Crippen molar-refractivity contribution in [1.82, 2.24) is 0 Å². The fraction of sp³-hybridized carbons (Fsp3) is 1.00. The number of nitro groups is 1. The summed E-state index contributed by atoms with van der Waals surface area (Å²) in [6, 6.07) is -0.237. The first-order valence-corrected chi connectivity index (χ1v) is 7.42. The van der Waals surface area contributed by atoms with Crippen LogP contribution in [0.1, 0.15) is 44.9 Å². The lowest BCUT2D eigenvalue weighted by Gasteiger charge is -2.29. The minimum atomic E-state index is -0.429. The van der Waals surface area contributed by atoms with Crippen LogP contribution in [0.2, 0.25) is 0 Å². The number of rotatable bonds is 4. The largest absolute Gasteiger partial charge is 0.396 e. The van der Waals surface area contributed by atoms with Crippen molar-refractivity contribution in [3.63, 3.8) is 0 Å². The van der Waals surface area contributed by atoms with E-state index in [1.807, 2.05) is 0 Å². The maximum Gasteiger partial charge on any atom is 0.213 e. The van der Waals surface area contributed by atoms with Crippen LogP contribution in [0.5, 0.6) is 0 Å². The second-order valence-electron chi connectivity index (χ2n) is 5.96. The van der Waals surface area contributed by atoms with E-state index in [0.29, 0.717) is 25.7 Å². The van der Waals surface area contributed by atoms with Crippen molar-refractivity contribution < 1.29 is 15.1 Å². The van der Waals surface area contributed by atoms with Crippen LogP contribution < -0.4 is 0 Å². The normalized spacial score (nSPS) is 39.0. The summed E-state index contributed by atoms with van der Waals surface area (Å²) in [6.45, 7) is -0.0128. The summed E-state index contributed by atoms with van der Waals surface area (Å²) in [4.78, 5) is 10.5. The van der Waals surface area contributed by atoms with Crippen LogP contribution in [-0.4, -0.2) is 46.0 Å². The zero-order valence-corrected chi connectivity index (χ0v) is 11.6. The summed E-state index contributed by atoms with van der Waals surface area (Å²) in [5.74, 6) is -0.0991. The number of azo groups is 1. The minimum Gasteiger partial charge on any atom is -0.396 e. The monoisotopic (exact) mass is 285 g/mol. The first-order valence-electron chi connectivity index (χ1n) is 7.42. The highest BCUT2D eigenvalue weighted by Crippen LogP contribution is 2.28. The summed E-state index contributed by atoms with van der Waals surface area (Å²) >= 11 is 0. The van der Waals surface area contributed by atoms with Gasteiger partial charge in [-0.05, 0) is 32.1 Å². The molecule has 2 saturated carbocycles. The second-order valence-corrected chi connectivity index (χ2v) is 5.96. The topological polar surface area (TPSA) is 108 Å². The Hall–Kier alpha value is -1.08. The predicted molar refractivity (Wildman–Crippen MR) is 72.1 cm³/mol. The van der Waals surface area contributed by atoms with Gasteiger partial charge in [-0.15, -0.1) is 0 Å². The zero-order chi connectivity index (χ0) is 14.5. The predicted octanol–water partition coefficient (Wildman–Crippen LogP) is 1.55. The third-order valence-corrected chi connectivity index (χ3v) is 4.51. The molecular weight excluding hydrogens is 262 g/mol. The van der Waals surface area contributed by atoms with Gasteiger partial charge in [0.1, 0.15) is 0 Å². The van der Waals surface area contributed by atoms with Crippen LogP contribution in [-0.2, 0) is 0 Å². The molecule has 114 valence electrons. The Kier molecular flexibility index (Phi) is 5.42. The average molecular weight is 285 g/mol. The van der Waals surface area contributed by atoms with Crippen molar-refractivity contribution >= 4 is 0 Å². The Morgan fingerprint density at radius 3 is 2.25 bits per heavy atom. The molecule has 0 bridgehead atoms. The molecule has 2 N–H and O–H groups in total. The maximum atomic E-state index is 10.7. The average Bonchev–Trinajstić information content (AvgIpc) is 2.46. The third-order valence-electron chi connectivity index (χ3n) is 4.51. The molecule has 2 rings (SSSR count). The van der Waals surface area contributed by atoms with Gasteiger partial charge in [0.2, 0.25) is 6.04 Å². The fourth-order valence-corrected chi connectivity index (χ4v) is 3.10. The first-order chi connectivity index (χ1) is 9.60. The molecule has 0 heterocycles. The smallest absolute Gasteiger partial charge is 0.213 e. The Morgan fingerprint density at radius 2 is 1.65 bits per heavy atom. The van der Waals surface area contributed by atoms with E-state index in [4.69, 9.17) is 0 Å². The van der Waals surface area contributed by atoms with E-state index < -0.39 is 12.1 Å². The van der Waals surface area contributed by atoms with Crippen molar-refractivity contribution in [3.05, 3.63) is 10.1 Å². The molecule has 20 heavy (non-hydrogen) atoms. The molecular formula is C13H23N3O4. The van der Waals surface area contributed by atoms with Gasteiger partial charge in [0.15, 0.2) is 0 Å². The van der Waals surface area contributed by atoms with Crippen molar-refractivity contribution in [2.75, 3.05) is 6.61 Å². The molecule has 0 amide bonds. The maximum absolute atomic E-state index is 10.7. The van der Waals surface area contributed by atoms with Crippen molar-refractivity contribution in [2.24, 2.45) is 16.1 Å². The van der Waals surface area contributed by atoms with E-state index in [9.17, 15) is 20.3 Å². The van der Waals surface area contributed by atoms with Gasteiger partial charge in [0.25, 0.3) is 0 Å². The van der Waals surface area contributed by atoms with Gasteiger partial charge in [0.05, 0.1) is 18.2 Å². The number of aliphatic hydroxyl groups excluding tert-OH is 2. The molecule has 3 unspecified atom stereocenters. The molecule has 3 atom stereocenters. The highest BCUT2D eigenvalue weighted by atomic mass is 16.6. The lowest BCUT2D eigenvalue weighted by atomic mass is 9.84. The van der Waals surface area contributed by atoms with Crippen LogP contribution in [0.15, 0.2) is 10.2 Å². The first kappa shape index (κ1) is 15.3. The number of aliphatic hydroxyl groups is 2. The molecule has 0 aliphatic heterocycles. The molecule has 0 radical (unpaired) electrons. The van der Waals surface area contributed by atoms with E-state index in [-0.39, 0.29) is 29.5 Å². The molecule has 0 aromatic heterocycles. The van der Waals surface area contributed by atoms with Gasteiger partial charge in [-0.1, -0.05) is 0 Å². The van der Waals surface area contributed by atoms with Crippen LogP contribution in [0.3, 0.4) is 0 Å². The van der Waals surface area contributed by atoms with Gasteiger partial charge < -0.3 is 10.2 Å². The van der Waals surface area contributed by atoms with Crippen molar-refractivity contribution in [3.8, 4) is 0 Å².